The van der Waals surface area contributed by atoms with E-state index >= 15 is 0 Å². The average molecular weight is 444 g/mol. The van der Waals surface area contributed by atoms with Crippen LogP contribution in [0.25, 0.3) is 0 Å². The molecule has 1 aromatic rings. The first-order valence-electron chi connectivity index (χ1n) is 11.8. The van der Waals surface area contributed by atoms with Crippen molar-refractivity contribution in [3.8, 4) is 11.5 Å². The lowest BCUT2D eigenvalue weighted by Crippen LogP contribution is -2.54. The van der Waals surface area contributed by atoms with Crippen LogP contribution in [-0.2, 0) is 14.4 Å². The third-order valence-corrected chi connectivity index (χ3v) is 6.91. The predicted octanol–water partition coefficient (Wildman–Crippen LogP) is 2.75. The van der Waals surface area contributed by atoms with E-state index in [4.69, 9.17) is 9.47 Å². The van der Waals surface area contributed by atoms with E-state index in [2.05, 4.69) is 10.6 Å². The second kappa shape index (κ2) is 9.79. The van der Waals surface area contributed by atoms with E-state index < -0.39 is 12.0 Å². The molecule has 2 fully saturated rings. The molecule has 8 nitrogen and oxygen atoms in total. The highest BCUT2D eigenvalue weighted by Crippen LogP contribution is 2.37. The van der Waals surface area contributed by atoms with E-state index in [1.165, 1.54) is 6.42 Å². The molecular formula is C24H33N3O5. The Hall–Kier alpha value is -2.77. The quantitative estimate of drug-likeness (QED) is 0.675. The van der Waals surface area contributed by atoms with Gasteiger partial charge in [0.05, 0.1) is 5.92 Å². The first kappa shape index (κ1) is 22.4. The van der Waals surface area contributed by atoms with Crippen LogP contribution in [0.15, 0.2) is 18.2 Å². The summed E-state index contributed by atoms with van der Waals surface area (Å²) in [5.41, 5.74) is 0.683. The molecule has 2 heterocycles. The first-order chi connectivity index (χ1) is 15.5. The van der Waals surface area contributed by atoms with Gasteiger partial charge in [0.1, 0.15) is 6.04 Å². The zero-order valence-electron chi connectivity index (χ0n) is 18.9. The van der Waals surface area contributed by atoms with Crippen LogP contribution < -0.4 is 25.0 Å². The summed E-state index contributed by atoms with van der Waals surface area (Å²) in [6, 6.07) is 4.93. The minimum atomic E-state index is -0.593. The van der Waals surface area contributed by atoms with Crippen molar-refractivity contribution < 1.29 is 23.9 Å². The van der Waals surface area contributed by atoms with Crippen molar-refractivity contribution in [2.45, 2.75) is 70.9 Å². The number of benzene rings is 1. The fraction of sp³-hybridized carbons (Fsp3) is 0.625. The summed E-state index contributed by atoms with van der Waals surface area (Å²) in [5, 5.41) is 6.10. The standard InChI is InChI=1S/C24H33N3O5/c1-3-15(2)22(24(30)25-17-7-5-4-6-8-17)26-23(29)16-11-21(28)27(13-16)18-9-10-19-20(12-18)32-14-31-19/h9-10,12,15-17,22H,3-8,11,13-14H2,1-2H3,(H,25,30)(H,26,29)/t15-,16-,22+/m1/s1. The summed E-state index contributed by atoms with van der Waals surface area (Å²) < 4.78 is 10.7. The van der Waals surface area contributed by atoms with Crippen LogP contribution in [-0.4, -0.2) is 43.1 Å². The lowest BCUT2D eigenvalue weighted by Gasteiger charge is -2.29. The molecule has 174 valence electrons. The molecule has 4 rings (SSSR count). The minimum absolute atomic E-state index is 0.00427. The van der Waals surface area contributed by atoms with Gasteiger partial charge in [0, 0.05) is 30.8 Å². The van der Waals surface area contributed by atoms with Gasteiger partial charge in [0.25, 0.3) is 0 Å². The van der Waals surface area contributed by atoms with Crippen LogP contribution in [0.4, 0.5) is 5.69 Å². The molecule has 2 N–H and O–H groups in total. The van der Waals surface area contributed by atoms with E-state index in [1.54, 1.807) is 23.1 Å². The van der Waals surface area contributed by atoms with Crippen molar-refractivity contribution in [1.82, 2.24) is 10.6 Å². The molecule has 3 aliphatic rings. The summed E-state index contributed by atoms with van der Waals surface area (Å²) in [7, 11) is 0. The summed E-state index contributed by atoms with van der Waals surface area (Å²) >= 11 is 0. The Bertz CT molecular complexity index is 867. The van der Waals surface area contributed by atoms with E-state index in [-0.39, 0.29) is 49.4 Å². The van der Waals surface area contributed by atoms with Crippen molar-refractivity contribution in [2.24, 2.45) is 11.8 Å². The average Bonchev–Trinajstić information content (AvgIpc) is 3.43. The molecule has 0 unspecified atom stereocenters. The molecule has 0 aromatic heterocycles. The van der Waals surface area contributed by atoms with Crippen LogP contribution in [0.1, 0.15) is 58.8 Å². The van der Waals surface area contributed by atoms with Crippen molar-refractivity contribution in [3.05, 3.63) is 18.2 Å². The van der Waals surface area contributed by atoms with Crippen molar-refractivity contribution in [2.75, 3.05) is 18.2 Å². The van der Waals surface area contributed by atoms with Gasteiger partial charge < -0.3 is 25.0 Å². The van der Waals surface area contributed by atoms with E-state index in [0.29, 0.717) is 17.2 Å². The minimum Gasteiger partial charge on any atom is -0.454 e. The number of anilines is 1. The van der Waals surface area contributed by atoms with Gasteiger partial charge >= 0.3 is 0 Å². The number of carbonyl (C=O) groups excluding carboxylic acids is 3. The molecule has 0 radical (unpaired) electrons. The molecule has 1 saturated heterocycles. The lowest BCUT2D eigenvalue weighted by atomic mass is 9.93. The smallest absolute Gasteiger partial charge is 0.243 e. The zero-order chi connectivity index (χ0) is 22.7. The second-order valence-electron chi connectivity index (χ2n) is 9.16. The summed E-state index contributed by atoms with van der Waals surface area (Å²) in [6.07, 6.45) is 6.36. The van der Waals surface area contributed by atoms with Gasteiger partial charge in [0.2, 0.25) is 24.5 Å². The Morgan fingerprint density at radius 1 is 1.16 bits per heavy atom. The Balaban J connectivity index is 1.39. The van der Waals surface area contributed by atoms with E-state index in [9.17, 15) is 14.4 Å². The topological polar surface area (TPSA) is 97.0 Å². The Labute approximate surface area is 189 Å². The van der Waals surface area contributed by atoms with Gasteiger partial charge in [-0.25, -0.2) is 0 Å². The molecule has 0 spiro atoms. The number of fused-ring (bicyclic) bond motifs is 1. The number of nitrogens with zero attached hydrogens (tertiary/aromatic N) is 1. The Morgan fingerprint density at radius 3 is 2.66 bits per heavy atom. The maximum absolute atomic E-state index is 13.1. The summed E-state index contributed by atoms with van der Waals surface area (Å²) in [4.78, 5) is 40.3. The maximum atomic E-state index is 13.1. The third kappa shape index (κ3) is 4.84. The molecule has 3 atom stereocenters. The lowest BCUT2D eigenvalue weighted by molar-refractivity contribution is -0.132. The monoisotopic (exact) mass is 443 g/mol. The molecular weight excluding hydrogens is 410 g/mol. The zero-order valence-corrected chi connectivity index (χ0v) is 18.9. The summed E-state index contributed by atoms with van der Waals surface area (Å²) in [6.45, 7) is 4.43. The molecule has 1 aliphatic carbocycles. The fourth-order valence-electron chi connectivity index (χ4n) is 4.70. The third-order valence-electron chi connectivity index (χ3n) is 6.91. The normalized spacial score (nSPS) is 22.5. The molecule has 8 heteroatoms. The SMILES string of the molecule is CC[C@@H](C)[C@H](NC(=O)[C@@H]1CC(=O)N(c2ccc3c(c2)OCO3)C1)C(=O)NC1CCCCC1. The molecule has 32 heavy (non-hydrogen) atoms. The van der Waals surface area contributed by atoms with Crippen molar-refractivity contribution >= 4 is 23.4 Å². The van der Waals surface area contributed by atoms with Gasteiger partial charge in [-0.15, -0.1) is 0 Å². The van der Waals surface area contributed by atoms with Gasteiger partial charge in [0.15, 0.2) is 11.5 Å². The molecule has 3 amide bonds. The van der Waals surface area contributed by atoms with Crippen LogP contribution in [0.5, 0.6) is 11.5 Å². The molecule has 0 bridgehead atoms. The number of hydrogen-bond donors (Lipinski definition) is 2. The van der Waals surface area contributed by atoms with Crippen molar-refractivity contribution in [3.63, 3.8) is 0 Å². The van der Waals surface area contributed by atoms with E-state index in [1.807, 2.05) is 13.8 Å². The first-order valence-corrected chi connectivity index (χ1v) is 11.8. The van der Waals surface area contributed by atoms with Crippen molar-refractivity contribution in [1.29, 1.82) is 0 Å². The summed E-state index contributed by atoms with van der Waals surface area (Å²) in [5.74, 6) is 0.277. The second-order valence-corrected chi connectivity index (χ2v) is 9.16. The Morgan fingerprint density at radius 2 is 1.91 bits per heavy atom. The number of rotatable bonds is 7. The van der Waals surface area contributed by atoms with Gasteiger partial charge in [-0.2, -0.15) is 0 Å². The molecule has 2 aliphatic heterocycles. The number of carbonyl (C=O) groups is 3. The maximum Gasteiger partial charge on any atom is 0.243 e. The highest BCUT2D eigenvalue weighted by Gasteiger charge is 2.38. The predicted molar refractivity (Wildman–Crippen MR) is 119 cm³/mol. The number of amides is 3. The Kier molecular flexibility index (Phi) is 6.86. The fourth-order valence-corrected chi connectivity index (χ4v) is 4.70. The highest BCUT2D eigenvalue weighted by molar-refractivity contribution is 6.01. The van der Waals surface area contributed by atoms with Gasteiger partial charge in [-0.05, 0) is 30.9 Å². The van der Waals surface area contributed by atoms with Crippen LogP contribution >= 0.6 is 0 Å². The van der Waals surface area contributed by atoms with E-state index in [0.717, 1.165) is 32.1 Å². The van der Waals surface area contributed by atoms with Crippen LogP contribution in [0.2, 0.25) is 0 Å². The molecule has 1 aromatic carbocycles. The molecule has 1 saturated carbocycles. The largest absolute Gasteiger partial charge is 0.454 e. The number of hydrogen-bond acceptors (Lipinski definition) is 5. The van der Waals surface area contributed by atoms with Gasteiger partial charge in [-0.3, -0.25) is 14.4 Å². The highest BCUT2D eigenvalue weighted by atomic mass is 16.7. The van der Waals surface area contributed by atoms with Gasteiger partial charge in [-0.1, -0.05) is 39.5 Å². The number of ether oxygens (including phenoxy) is 2. The van der Waals surface area contributed by atoms with Crippen LogP contribution in [0.3, 0.4) is 0 Å². The van der Waals surface area contributed by atoms with Crippen LogP contribution in [0, 0.1) is 11.8 Å². The number of nitrogens with one attached hydrogen (secondary N) is 2.